The lowest BCUT2D eigenvalue weighted by molar-refractivity contribution is -0.670. The molecule has 0 spiro atoms. The second-order valence-corrected chi connectivity index (χ2v) is 2.50. The molecule has 0 N–H and O–H groups in total. The lowest BCUT2D eigenvalue weighted by Gasteiger charge is -1.77. The molecule has 0 aromatic carbocycles. The standard InChI is InChI=1S/C7H11N2.C2H4O2/c1-3-4-9-6-5-8(2)7-9;1-2(3)4/h3-7H,1-2H3;1H3,(H,3,4)/q+1;/p-1. The van der Waals surface area contributed by atoms with E-state index >= 15 is 0 Å². The van der Waals surface area contributed by atoms with Gasteiger partial charge < -0.3 is 9.90 Å². The van der Waals surface area contributed by atoms with E-state index in [1.165, 1.54) is 0 Å². The van der Waals surface area contributed by atoms with Crippen molar-refractivity contribution in [3.63, 3.8) is 0 Å². The van der Waals surface area contributed by atoms with Gasteiger partial charge in [0.25, 0.3) is 0 Å². The number of carboxylic acid groups (broad SMARTS) is 1. The smallest absolute Gasteiger partial charge is 0.248 e. The summed E-state index contributed by atoms with van der Waals surface area (Å²) in [4.78, 5) is 8.89. The Kier molecular flexibility index (Phi) is 5.27. The molecule has 1 aromatic heterocycles. The summed E-state index contributed by atoms with van der Waals surface area (Å²) in [5.41, 5.74) is 0. The molecule has 0 bridgehead atoms. The van der Waals surface area contributed by atoms with E-state index in [1.54, 1.807) is 0 Å². The molecule has 4 nitrogen and oxygen atoms in total. The van der Waals surface area contributed by atoms with Gasteiger partial charge in [-0.3, -0.25) is 0 Å². The third-order valence-corrected chi connectivity index (χ3v) is 1.11. The van der Waals surface area contributed by atoms with Crippen LogP contribution in [-0.4, -0.2) is 10.5 Å². The maximum Gasteiger partial charge on any atom is 0.248 e. The van der Waals surface area contributed by atoms with Crippen LogP contribution in [0.3, 0.4) is 0 Å². The van der Waals surface area contributed by atoms with Gasteiger partial charge in [0.2, 0.25) is 6.33 Å². The van der Waals surface area contributed by atoms with E-state index in [9.17, 15) is 0 Å². The number of carbonyl (C=O) groups excluding carboxylic acids is 1. The van der Waals surface area contributed by atoms with Crippen molar-refractivity contribution in [2.45, 2.75) is 13.8 Å². The second-order valence-electron chi connectivity index (χ2n) is 2.50. The van der Waals surface area contributed by atoms with Crippen LogP contribution in [0.25, 0.3) is 6.20 Å². The van der Waals surface area contributed by atoms with Gasteiger partial charge in [0, 0.05) is 5.97 Å². The quantitative estimate of drug-likeness (QED) is 0.553. The lowest BCUT2D eigenvalue weighted by atomic mass is 10.7. The number of nitrogens with zero attached hydrogens (tertiary/aromatic N) is 2. The van der Waals surface area contributed by atoms with E-state index in [1.807, 2.05) is 54.1 Å². The van der Waals surface area contributed by atoms with Crippen molar-refractivity contribution in [1.82, 2.24) is 4.57 Å². The molecule has 0 aliphatic heterocycles. The predicted octanol–water partition coefficient (Wildman–Crippen LogP) is -0.441. The van der Waals surface area contributed by atoms with E-state index in [0.29, 0.717) is 0 Å². The normalized spacial score (nSPS) is 9.46. The van der Waals surface area contributed by atoms with Crippen molar-refractivity contribution in [3.05, 3.63) is 24.8 Å². The molecule has 1 rings (SSSR count). The number of aromatic nitrogens is 2. The minimum atomic E-state index is -1.08. The first-order chi connectivity index (χ1) is 6.06. The summed E-state index contributed by atoms with van der Waals surface area (Å²) in [7, 11) is 2.00. The van der Waals surface area contributed by atoms with Gasteiger partial charge in [-0.15, -0.1) is 0 Å². The van der Waals surface area contributed by atoms with Crippen LogP contribution in [0.15, 0.2) is 24.8 Å². The van der Waals surface area contributed by atoms with Crippen LogP contribution in [0, 0.1) is 0 Å². The summed E-state index contributed by atoms with van der Waals surface area (Å²) >= 11 is 0. The summed E-state index contributed by atoms with van der Waals surface area (Å²) in [6.07, 6.45) is 10.0. The Balaban J connectivity index is 0.000000310. The zero-order chi connectivity index (χ0) is 10.3. The highest BCUT2D eigenvalue weighted by Gasteiger charge is 1.91. The molecule has 0 amide bonds. The van der Waals surface area contributed by atoms with Gasteiger partial charge in [-0.05, 0) is 19.9 Å². The first-order valence-electron chi connectivity index (χ1n) is 3.89. The van der Waals surface area contributed by atoms with Crippen molar-refractivity contribution in [2.24, 2.45) is 7.05 Å². The zero-order valence-electron chi connectivity index (χ0n) is 8.10. The van der Waals surface area contributed by atoms with E-state index in [0.717, 1.165) is 6.92 Å². The highest BCUT2D eigenvalue weighted by Crippen LogP contribution is 1.82. The van der Waals surface area contributed by atoms with E-state index in [-0.39, 0.29) is 0 Å². The van der Waals surface area contributed by atoms with E-state index in [2.05, 4.69) is 0 Å². The van der Waals surface area contributed by atoms with Crippen molar-refractivity contribution in [3.8, 4) is 0 Å². The Morgan fingerprint density at radius 1 is 1.62 bits per heavy atom. The van der Waals surface area contributed by atoms with Crippen LogP contribution in [0.2, 0.25) is 0 Å². The van der Waals surface area contributed by atoms with Crippen molar-refractivity contribution in [2.75, 3.05) is 0 Å². The average Bonchev–Trinajstić information content (AvgIpc) is 2.35. The molecule has 0 atom stereocenters. The fourth-order valence-corrected chi connectivity index (χ4v) is 0.730. The zero-order valence-corrected chi connectivity index (χ0v) is 8.10. The number of aliphatic carboxylic acids is 1. The Bertz CT molecular complexity index is 286. The molecule has 0 saturated carbocycles. The van der Waals surface area contributed by atoms with Crippen molar-refractivity contribution < 1.29 is 14.5 Å². The van der Waals surface area contributed by atoms with Gasteiger partial charge >= 0.3 is 0 Å². The van der Waals surface area contributed by atoms with Gasteiger partial charge in [-0.25, -0.2) is 9.13 Å². The van der Waals surface area contributed by atoms with Crippen LogP contribution in [-0.2, 0) is 11.8 Å². The fourth-order valence-electron chi connectivity index (χ4n) is 0.730. The third kappa shape index (κ3) is 6.80. The largest absolute Gasteiger partial charge is 0.550 e. The highest BCUT2D eigenvalue weighted by atomic mass is 16.4. The van der Waals surface area contributed by atoms with Crippen LogP contribution in [0.1, 0.15) is 13.8 Å². The molecule has 0 aliphatic rings. The monoisotopic (exact) mass is 182 g/mol. The van der Waals surface area contributed by atoms with E-state index < -0.39 is 5.97 Å². The number of carbonyl (C=O) groups is 1. The number of hydrogen-bond donors (Lipinski definition) is 0. The molecule has 13 heavy (non-hydrogen) atoms. The second kappa shape index (κ2) is 5.99. The molecule has 0 unspecified atom stereocenters. The molecule has 72 valence electrons. The predicted molar refractivity (Wildman–Crippen MR) is 47.3 cm³/mol. The molecule has 1 aromatic rings. The number of allylic oxidation sites excluding steroid dienone is 1. The highest BCUT2D eigenvalue weighted by molar-refractivity contribution is 5.60. The Morgan fingerprint density at radius 3 is 2.46 bits per heavy atom. The summed E-state index contributed by atoms with van der Waals surface area (Å²) in [6, 6.07) is 0. The number of aryl methyl sites for hydroxylation is 1. The number of hydrogen-bond acceptors (Lipinski definition) is 2. The van der Waals surface area contributed by atoms with Gasteiger partial charge in [0.1, 0.15) is 12.4 Å². The summed E-state index contributed by atoms with van der Waals surface area (Å²) < 4.78 is 4.00. The lowest BCUT2D eigenvalue weighted by Crippen LogP contribution is -2.23. The summed E-state index contributed by atoms with van der Waals surface area (Å²) in [6.45, 7) is 2.97. The summed E-state index contributed by atoms with van der Waals surface area (Å²) in [5.74, 6) is -1.08. The van der Waals surface area contributed by atoms with Crippen molar-refractivity contribution in [1.29, 1.82) is 0 Å². The Morgan fingerprint density at radius 2 is 2.15 bits per heavy atom. The molecular weight excluding hydrogens is 168 g/mol. The molecule has 0 fully saturated rings. The van der Waals surface area contributed by atoms with Gasteiger partial charge in [0.15, 0.2) is 0 Å². The molecule has 0 aliphatic carbocycles. The third-order valence-electron chi connectivity index (χ3n) is 1.11. The number of rotatable bonds is 1. The van der Waals surface area contributed by atoms with Crippen molar-refractivity contribution >= 4 is 12.2 Å². The number of carboxylic acids is 1. The summed E-state index contributed by atoms with van der Waals surface area (Å²) in [5, 5.41) is 8.89. The van der Waals surface area contributed by atoms with Gasteiger partial charge in [-0.1, -0.05) is 0 Å². The van der Waals surface area contributed by atoms with Crippen LogP contribution in [0.5, 0.6) is 0 Å². The Labute approximate surface area is 77.7 Å². The first kappa shape index (κ1) is 11.4. The maximum atomic E-state index is 8.89. The molecule has 4 heteroatoms. The van der Waals surface area contributed by atoms with Crippen LogP contribution >= 0.6 is 0 Å². The molecule has 1 heterocycles. The molecule has 0 radical (unpaired) electrons. The number of imidazole rings is 1. The Hall–Kier alpha value is -1.58. The minimum absolute atomic E-state index is 0.972. The maximum absolute atomic E-state index is 8.89. The van der Waals surface area contributed by atoms with Crippen LogP contribution in [0.4, 0.5) is 0 Å². The fraction of sp³-hybridized carbons (Fsp3) is 0.333. The molecular formula is C9H14N2O2. The topological polar surface area (TPSA) is 48.9 Å². The first-order valence-corrected chi connectivity index (χ1v) is 3.89. The van der Waals surface area contributed by atoms with Gasteiger partial charge in [0.05, 0.1) is 13.2 Å². The molecule has 0 saturated heterocycles. The minimum Gasteiger partial charge on any atom is -0.550 e. The van der Waals surface area contributed by atoms with Gasteiger partial charge in [-0.2, -0.15) is 0 Å². The van der Waals surface area contributed by atoms with E-state index in [4.69, 9.17) is 9.90 Å². The SMILES string of the molecule is CC(=O)[O-].CC=Cn1cc[n+](C)c1. The van der Waals surface area contributed by atoms with Crippen LogP contribution < -0.4 is 9.67 Å². The average molecular weight is 182 g/mol.